The third-order valence-electron chi connectivity index (χ3n) is 4.88. The minimum Gasteiger partial charge on any atom is -0.379 e. The number of rotatable bonds is 4. The zero-order chi connectivity index (χ0) is 17.8. The molecule has 2 atom stereocenters. The van der Waals surface area contributed by atoms with Crippen molar-refractivity contribution in [1.29, 1.82) is 0 Å². The smallest absolute Gasteiger partial charge is 0.274 e. The molecule has 2 aromatic rings. The standard InChI is InChI=1S/C20H25N3O2/c1-14-5-4-6-16(11-14)12-17-9-10-23(13-19(17)25-3)20(24)18-8-7-15(2)21-22-18/h4-8,11,17,19H,9-10,12-13H2,1-3H3/t17-,19+/m1/s1. The van der Waals surface area contributed by atoms with Crippen molar-refractivity contribution in [3.63, 3.8) is 0 Å². The molecule has 5 nitrogen and oxygen atoms in total. The molecule has 1 fully saturated rings. The number of carbonyl (C=O) groups excluding carboxylic acids is 1. The molecule has 5 heteroatoms. The molecule has 25 heavy (non-hydrogen) atoms. The van der Waals surface area contributed by atoms with Crippen molar-refractivity contribution >= 4 is 5.91 Å². The molecule has 0 N–H and O–H groups in total. The number of aryl methyl sites for hydroxylation is 2. The molecule has 0 aliphatic carbocycles. The van der Waals surface area contributed by atoms with Crippen molar-refractivity contribution in [2.45, 2.75) is 32.8 Å². The Labute approximate surface area is 149 Å². The number of piperidine rings is 1. The summed E-state index contributed by atoms with van der Waals surface area (Å²) in [5, 5.41) is 8.00. The molecule has 0 saturated carbocycles. The summed E-state index contributed by atoms with van der Waals surface area (Å²) in [6.45, 7) is 5.30. The van der Waals surface area contributed by atoms with Crippen LogP contribution in [0.3, 0.4) is 0 Å². The van der Waals surface area contributed by atoms with Gasteiger partial charge in [0.2, 0.25) is 0 Å². The summed E-state index contributed by atoms with van der Waals surface area (Å²) in [6.07, 6.45) is 1.95. The maximum absolute atomic E-state index is 12.7. The number of hydrogen-bond acceptors (Lipinski definition) is 4. The predicted octanol–water partition coefficient (Wildman–Crippen LogP) is 2.81. The van der Waals surface area contributed by atoms with Gasteiger partial charge in [-0.15, -0.1) is 5.10 Å². The fourth-order valence-corrected chi connectivity index (χ4v) is 3.47. The van der Waals surface area contributed by atoms with E-state index in [0.29, 0.717) is 18.2 Å². The van der Waals surface area contributed by atoms with E-state index in [-0.39, 0.29) is 12.0 Å². The first-order chi connectivity index (χ1) is 12.1. The van der Waals surface area contributed by atoms with Gasteiger partial charge >= 0.3 is 0 Å². The molecule has 1 saturated heterocycles. The molecular formula is C20H25N3O2. The molecule has 0 bridgehead atoms. The second-order valence-electron chi connectivity index (χ2n) is 6.83. The van der Waals surface area contributed by atoms with E-state index in [1.54, 1.807) is 13.2 Å². The number of likely N-dealkylation sites (tertiary alicyclic amines) is 1. The summed E-state index contributed by atoms with van der Waals surface area (Å²) < 4.78 is 5.71. The van der Waals surface area contributed by atoms with Gasteiger partial charge in [-0.05, 0) is 50.3 Å². The average Bonchev–Trinajstić information content (AvgIpc) is 2.62. The van der Waals surface area contributed by atoms with Gasteiger partial charge in [0.25, 0.3) is 5.91 Å². The summed E-state index contributed by atoms with van der Waals surface area (Å²) in [5.41, 5.74) is 3.81. The second kappa shape index (κ2) is 7.74. The van der Waals surface area contributed by atoms with Crippen LogP contribution >= 0.6 is 0 Å². The maximum atomic E-state index is 12.7. The van der Waals surface area contributed by atoms with Crippen LogP contribution < -0.4 is 0 Å². The quantitative estimate of drug-likeness (QED) is 0.859. The average molecular weight is 339 g/mol. The van der Waals surface area contributed by atoms with Crippen LogP contribution in [0.15, 0.2) is 36.4 Å². The van der Waals surface area contributed by atoms with Crippen LogP contribution in [0, 0.1) is 19.8 Å². The second-order valence-corrected chi connectivity index (χ2v) is 6.83. The van der Waals surface area contributed by atoms with E-state index in [1.165, 1.54) is 11.1 Å². The van der Waals surface area contributed by atoms with Crippen LogP contribution in [0.5, 0.6) is 0 Å². The molecule has 1 aromatic heterocycles. The minimum atomic E-state index is -0.0662. The van der Waals surface area contributed by atoms with Crippen LogP contribution in [0.1, 0.15) is 33.7 Å². The van der Waals surface area contributed by atoms with Crippen LogP contribution in [0.25, 0.3) is 0 Å². The number of amides is 1. The fourth-order valence-electron chi connectivity index (χ4n) is 3.47. The van der Waals surface area contributed by atoms with E-state index in [9.17, 15) is 4.79 Å². The van der Waals surface area contributed by atoms with Crippen molar-refractivity contribution in [3.05, 3.63) is 58.9 Å². The number of benzene rings is 1. The van der Waals surface area contributed by atoms with E-state index < -0.39 is 0 Å². The van der Waals surface area contributed by atoms with Crippen molar-refractivity contribution in [1.82, 2.24) is 15.1 Å². The molecule has 1 amide bonds. The van der Waals surface area contributed by atoms with Crippen molar-refractivity contribution in [3.8, 4) is 0 Å². The Balaban J connectivity index is 1.66. The fraction of sp³-hybridized carbons (Fsp3) is 0.450. The van der Waals surface area contributed by atoms with Gasteiger partial charge in [-0.1, -0.05) is 29.8 Å². The first kappa shape index (κ1) is 17.5. The summed E-state index contributed by atoms with van der Waals surface area (Å²) in [4.78, 5) is 14.5. The number of nitrogens with zero attached hydrogens (tertiary/aromatic N) is 3. The highest BCUT2D eigenvalue weighted by Gasteiger charge is 2.32. The first-order valence-electron chi connectivity index (χ1n) is 8.75. The van der Waals surface area contributed by atoms with E-state index in [4.69, 9.17) is 4.74 Å². The van der Waals surface area contributed by atoms with E-state index in [1.807, 2.05) is 17.9 Å². The summed E-state index contributed by atoms with van der Waals surface area (Å²) in [6, 6.07) is 12.2. The molecular weight excluding hydrogens is 314 g/mol. The highest BCUT2D eigenvalue weighted by Crippen LogP contribution is 2.25. The normalized spacial score (nSPS) is 20.5. The van der Waals surface area contributed by atoms with E-state index in [2.05, 4.69) is 41.4 Å². The van der Waals surface area contributed by atoms with Gasteiger partial charge in [-0.3, -0.25) is 4.79 Å². The number of aromatic nitrogens is 2. The topological polar surface area (TPSA) is 55.3 Å². The third kappa shape index (κ3) is 4.23. The SMILES string of the molecule is CO[C@H]1CN(C(=O)c2ccc(C)nn2)CC[C@@H]1Cc1cccc(C)c1. The number of carbonyl (C=O) groups is 1. The third-order valence-corrected chi connectivity index (χ3v) is 4.88. The molecule has 3 rings (SSSR count). The Morgan fingerprint density at radius 3 is 2.76 bits per heavy atom. The Hall–Kier alpha value is -2.27. The Kier molecular flexibility index (Phi) is 5.43. The van der Waals surface area contributed by atoms with Crippen LogP contribution in [-0.2, 0) is 11.2 Å². The van der Waals surface area contributed by atoms with Crippen molar-refractivity contribution in [2.24, 2.45) is 5.92 Å². The van der Waals surface area contributed by atoms with Gasteiger partial charge in [0.05, 0.1) is 11.8 Å². The van der Waals surface area contributed by atoms with E-state index >= 15 is 0 Å². The van der Waals surface area contributed by atoms with Gasteiger partial charge in [0, 0.05) is 20.2 Å². The molecule has 1 aliphatic rings. The van der Waals surface area contributed by atoms with Crippen LogP contribution in [0.2, 0.25) is 0 Å². The number of hydrogen-bond donors (Lipinski definition) is 0. The number of ether oxygens (including phenoxy) is 1. The zero-order valence-electron chi connectivity index (χ0n) is 15.1. The molecule has 0 radical (unpaired) electrons. The van der Waals surface area contributed by atoms with Gasteiger partial charge in [0.1, 0.15) is 0 Å². The van der Waals surface area contributed by atoms with Gasteiger partial charge in [0.15, 0.2) is 5.69 Å². The number of methoxy groups -OCH3 is 1. The van der Waals surface area contributed by atoms with Gasteiger partial charge in [-0.25, -0.2) is 0 Å². The molecule has 0 unspecified atom stereocenters. The van der Waals surface area contributed by atoms with Crippen LogP contribution in [0.4, 0.5) is 0 Å². The summed E-state index contributed by atoms with van der Waals surface area (Å²) >= 11 is 0. The van der Waals surface area contributed by atoms with Crippen molar-refractivity contribution in [2.75, 3.05) is 20.2 Å². The molecule has 1 aromatic carbocycles. The molecule has 0 spiro atoms. The monoisotopic (exact) mass is 339 g/mol. The molecule has 132 valence electrons. The highest BCUT2D eigenvalue weighted by molar-refractivity contribution is 5.92. The molecule has 1 aliphatic heterocycles. The lowest BCUT2D eigenvalue weighted by Gasteiger charge is -2.37. The van der Waals surface area contributed by atoms with Gasteiger partial charge < -0.3 is 9.64 Å². The Bertz CT molecular complexity index is 730. The highest BCUT2D eigenvalue weighted by atomic mass is 16.5. The molecule has 2 heterocycles. The Morgan fingerprint density at radius 2 is 2.08 bits per heavy atom. The zero-order valence-corrected chi connectivity index (χ0v) is 15.1. The lowest BCUT2D eigenvalue weighted by Crippen LogP contribution is -2.48. The van der Waals surface area contributed by atoms with E-state index in [0.717, 1.165) is 25.1 Å². The lowest BCUT2D eigenvalue weighted by atomic mass is 9.87. The summed E-state index contributed by atoms with van der Waals surface area (Å²) in [7, 11) is 1.73. The van der Waals surface area contributed by atoms with Crippen molar-refractivity contribution < 1.29 is 9.53 Å². The predicted molar refractivity (Wildman–Crippen MR) is 96.5 cm³/mol. The minimum absolute atomic E-state index is 0.0385. The van der Waals surface area contributed by atoms with Crippen LogP contribution in [-0.4, -0.2) is 47.3 Å². The lowest BCUT2D eigenvalue weighted by molar-refractivity contribution is -0.00720. The summed E-state index contributed by atoms with van der Waals surface area (Å²) in [5.74, 6) is 0.350. The largest absolute Gasteiger partial charge is 0.379 e. The van der Waals surface area contributed by atoms with Gasteiger partial charge in [-0.2, -0.15) is 5.10 Å². The first-order valence-corrected chi connectivity index (χ1v) is 8.75. The Morgan fingerprint density at radius 1 is 1.24 bits per heavy atom. The maximum Gasteiger partial charge on any atom is 0.274 e.